The highest BCUT2D eigenvalue weighted by Gasteiger charge is 1.95. The zero-order chi connectivity index (χ0) is 11.8. The monoisotopic (exact) mass is 240 g/mol. The topological polar surface area (TPSA) is 63.3 Å². The van der Waals surface area contributed by atoms with Crippen LogP contribution < -0.4 is 11.1 Å². The summed E-state index contributed by atoms with van der Waals surface area (Å²) in [4.78, 5) is 8.14. The van der Waals surface area contributed by atoms with E-state index in [0.717, 1.165) is 31.5 Å². The molecule has 1 rings (SSSR count). The first-order chi connectivity index (χ1) is 7.72. The molecule has 0 fully saturated rings. The molecular formula is C11H17ClN4. The molecule has 0 aliphatic heterocycles. The fourth-order valence-corrected chi connectivity index (χ4v) is 1.29. The maximum atomic E-state index is 5.69. The van der Waals surface area contributed by atoms with Crippen molar-refractivity contribution in [2.75, 3.05) is 13.1 Å². The molecule has 0 radical (unpaired) electrons. The predicted molar refractivity (Wildman–Crippen MR) is 67.7 cm³/mol. The van der Waals surface area contributed by atoms with Gasteiger partial charge < -0.3 is 11.1 Å². The molecule has 0 unspecified atom stereocenters. The Labute approximate surface area is 101 Å². The van der Waals surface area contributed by atoms with E-state index in [0.29, 0.717) is 11.1 Å². The Morgan fingerprint density at radius 2 is 2.38 bits per heavy atom. The number of aliphatic imine (C=N–C) groups is 1. The summed E-state index contributed by atoms with van der Waals surface area (Å²) < 4.78 is 0. The third kappa shape index (κ3) is 4.98. The zero-order valence-corrected chi connectivity index (χ0v) is 10.2. The Hall–Kier alpha value is -1.29. The quantitative estimate of drug-likeness (QED) is 0.467. The summed E-state index contributed by atoms with van der Waals surface area (Å²) in [6, 6.07) is 3.74. The molecule has 0 bridgehead atoms. The van der Waals surface area contributed by atoms with E-state index in [4.69, 9.17) is 17.3 Å². The summed E-state index contributed by atoms with van der Waals surface area (Å²) in [6.45, 7) is 3.58. The molecule has 0 aliphatic rings. The summed E-state index contributed by atoms with van der Waals surface area (Å²) >= 11 is 5.69. The van der Waals surface area contributed by atoms with Gasteiger partial charge in [-0.2, -0.15) is 0 Å². The van der Waals surface area contributed by atoms with Crippen LogP contribution in [-0.4, -0.2) is 24.0 Å². The van der Waals surface area contributed by atoms with Crippen LogP contribution >= 0.6 is 11.6 Å². The smallest absolute Gasteiger partial charge is 0.188 e. The number of nitrogens with zero attached hydrogens (tertiary/aromatic N) is 2. The summed E-state index contributed by atoms with van der Waals surface area (Å²) in [6.07, 6.45) is 3.62. The number of pyridine rings is 1. The van der Waals surface area contributed by atoms with E-state index in [1.165, 1.54) is 0 Å². The highest BCUT2D eigenvalue weighted by Crippen LogP contribution is 2.05. The summed E-state index contributed by atoms with van der Waals surface area (Å²) in [5.41, 5.74) is 6.78. The molecule has 3 N–H and O–H groups in total. The molecule has 88 valence electrons. The van der Waals surface area contributed by atoms with E-state index in [-0.39, 0.29) is 0 Å². The molecule has 0 aliphatic carbocycles. The third-order valence-corrected chi connectivity index (χ3v) is 2.24. The van der Waals surface area contributed by atoms with Gasteiger partial charge in [-0.3, -0.25) is 4.99 Å². The second-order valence-electron chi connectivity index (χ2n) is 3.43. The van der Waals surface area contributed by atoms with Crippen LogP contribution in [0.3, 0.4) is 0 Å². The van der Waals surface area contributed by atoms with Crippen molar-refractivity contribution in [3.8, 4) is 0 Å². The van der Waals surface area contributed by atoms with Crippen molar-refractivity contribution in [3.05, 3.63) is 29.0 Å². The lowest BCUT2D eigenvalue weighted by molar-refractivity contribution is 0.836. The summed E-state index contributed by atoms with van der Waals surface area (Å²) in [7, 11) is 0. The van der Waals surface area contributed by atoms with Gasteiger partial charge in [0.15, 0.2) is 5.96 Å². The minimum Gasteiger partial charge on any atom is -0.370 e. The first kappa shape index (κ1) is 12.8. The van der Waals surface area contributed by atoms with Gasteiger partial charge in [0.1, 0.15) is 5.15 Å². The van der Waals surface area contributed by atoms with E-state index < -0.39 is 0 Å². The van der Waals surface area contributed by atoms with Crippen LogP contribution in [0.1, 0.15) is 18.9 Å². The van der Waals surface area contributed by atoms with Crippen molar-refractivity contribution < 1.29 is 0 Å². The largest absolute Gasteiger partial charge is 0.370 e. The minimum absolute atomic E-state index is 0.503. The number of nitrogens with one attached hydrogen (secondary N) is 1. The van der Waals surface area contributed by atoms with Crippen LogP contribution in [0.4, 0.5) is 0 Å². The molecule has 0 atom stereocenters. The van der Waals surface area contributed by atoms with Crippen molar-refractivity contribution in [1.82, 2.24) is 10.3 Å². The number of aromatic nitrogens is 1. The number of hydrogen-bond acceptors (Lipinski definition) is 2. The van der Waals surface area contributed by atoms with Crippen molar-refractivity contribution >= 4 is 17.6 Å². The molecular weight excluding hydrogens is 224 g/mol. The van der Waals surface area contributed by atoms with E-state index in [9.17, 15) is 0 Å². The van der Waals surface area contributed by atoms with Crippen molar-refractivity contribution in [2.24, 2.45) is 10.7 Å². The van der Waals surface area contributed by atoms with Crippen LogP contribution in [0.25, 0.3) is 0 Å². The first-order valence-electron chi connectivity index (χ1n) is 5.36. The van der Waals surface area contributed by atoms with E-state index >= 15 is 0 Å². The lowest BCUT2D eigenvalue weighted by Crippen LogP contribution is -2.33. The fraction of sp³-hybridized carbons (Fsp3) is 0.455. The van der Waals surface area contributed by atoms with Crippen LogP contribution in [0.5, 0.6) is 0 Å². The number of nitrogens with two attached hydrogens (primary N) is 1. The van der Waals surface area contributed by atoms with Gasteiger partial charge in [0.25, 0.3) is 0 Å². The summed E-state index contributed by atoms with van der Waals surface area (Å²) in [5.74, 6) is 0.503. The van der Waals surface area contributed by atoms with Crippen molar-refractivity contribution in [3.63, 3.8) is 0 Å². The SMILES string of the molecule is CCCN=C(N)NCCc1ccc(Cl)nc1. The van der Waals surface area contributed by atoms with Crippen molar-refractivity contribution in [1.29, 1.82) is 0 Å². The standard InChI is InChI=1S/C11H17ClN4/c1-2-6-14-11(13)15-7-5-9-3-4-10(12)16-8-9/h3-4,8H,2,5-7H2,1H3,(H3,13,14,15). The van der Waals surface area contributed by atoms with Gasteiger partial charge in [0.2, 0.25) is 0 Å². The molecule has 5 heteroatoms. The van der Waals surface area contributed by atoms with Gasteiger partial charge in [-0.15, -0.1) is 0 Å². The molecule has 0 amide bonds. The molecule has 0 aromatic carbocycles. The summed E-state index contributed by atoms with van der Waals surface area (Å²) in [5, 5.41) is 3.56. The van der Waals surface area contributed by atoms with Gasteiger partial charge in [0.05, 0.1) is 0 Å². The molecule has 1 heterocycles. The Morgan fingerprint density at radius 3 is 3.00 bits per heavy atom. The molecule has 0 saturated carbocycles. The maximum absolute atomic E-state index is 5.69. The second-order valence-corrected chi connectivity index (χ2v) is 3.82. The molecule has 1 aromatic rings. The number of rotatable bonds is 5. The molecule has 0 spiro atoms. The number of hydrogen-bond donors (Lipinski definition) is 2. The van der Waals surface area contributed by atoms with Crippen LogP contribution in [0.15, 0.2) is 23.3 Å². The fourth-order valence-electron chi connectivity index (χ4n) is 1.18. The lowest BCUT2D eigenvalue weighted by Gasteiger charge is -2.05. The number of halogens is 1. The average Bonchev–Trinajstić information content (AvgIpc) is 2.29. The van der Waals surface area contributed by atoms with Gasteiger partial charge >= 0.3 is 0 Å². The van der Waals surface area contributed by atoms with Crippen molar-refractivity contribution in [2.45, 2.75) is 19.8 Å². The van der Waals surface area contributed by atoms with E-state index in [2.05, 4.69) is 22.2 Å². The number of guanidine groups is 1. The maximum Gasteiger partial charge on any atom is 0.188 e. The average molecular weight is 241 g/mol. The Bertz CT molecular complexity index is 334. The zero-order valence-electron chi connectivity index (χ0n) is 9.41. The van der Waals surface area contributed by atoms with E-state index in [1.54, 1.807) is 12.3 Å². The Morgan fingerprint density at radius 1 is 1.56 bits per heavy atom. The molecule has 16 heavy (non-hydrogen) atoms. The minimum atomic E-state index is 0.503. The van der Waals surface area contributed by atoms with Crippen LogP contribution in [-0.2, 0) is 6.42 Å². The lowest BCUT2D eigenvalue weighted by atomic mass is 10.2. The Balaban J connectivity index is 2.27. The van der Waals surface area contributed by atoms with Gasteiger partial charge in [-0.1, -0.05) is 24.6 Å². The van der Waals surface area contributed by atoms with Crippen LogP contribution in [0, 0.1) is 0 Å². The molecule has 0 saturated heterocycles. The normalized spacial score (nSPS) is 11.5. The molecule has 1 aromatic heterocycles. The van der Waals surface area contributed by atoms with Gasteiger partial charge in [0, 0.05) is 19.3 Å². The van der Waals surface area contributed by atoms with Gasteiger partial charge in [-0.25, -0.2) is 4.98 Å². The third-order valence-electron chi connectivity index (χ3n) is 2.01. The first-order valence-corrected chi connectivity index (χ1v) is 5.74. The van der Waals surface area contributed by atoms with Gasteiger partial charge in [-0.05, 0) is 24.5 Å². The van der Waals surface area contributed by atoms with Crippen LogP contribution in [0.2, 0.25) is 5.15 Å². The second kappa shape index (κ2) is 7.06. The predicted octanol–water partition coefficient (Wildman–Crippen LogP) is 1.59. The van der Waals surface area contributed by atoms with E-state index in [1.807, 2.05) is 6.07 Å². The highest BCUT2D eigenvalue weighted by atomic mass is 35.5. The molecule has 4 nitrogen and oxygen atoms in total. The Kier molecular flexibility index (Phi) is 5.64. The highest BCUT2D eigenvalue weighted by molar-refractivity contribution is 6.29.